The summed E-state index contributed by atoms with van der Waals surface area (Å²) in [5.41, 5.74) is 3.30. The topological polar surface area (TPSA) is 110 Å². The average molecular weight is 413 g/mol. The van der Waals surface area contributed by atoms with Gasteiger partial charge in [0.1, 0.15) is 17.2 Å². The normalized spacial score (nSPS) is 11.7. The standard InChI is InChI=1S/C20H19N3O5S/c1-14(18-11-6-12-28-18)21-22-20(24)15-7-5-8-16(13-15)29(25,26)23-17-9-3-4-10-19(17)27-2/h3-13,23H,1-2H3,(H,22,24)/b21-14+. The van der Waals surface area contributed by atoms with Gasteiger partial charge in [0.25, 0.3) is 15.9 Å². The van der Waals surface area contributed by atoms with Crippen LogP contribution in [0.25, 0.3) is 0 Å². The molecule has 150 valence electrons. The van der Waals surface area contributed by atoms with Crippen molar-refractivity contribution in [3.05, 3.63) is 78.3 Å². The summed E-state index contributed by atoms with van der Waals surface area (Å²) in [7, 11) is -2.48. The lowest BCUT2D eigenvalue weighted by Crippen LogP contribution is -2.20. The molecule has 3 aromatic rings. The van der Waals surface area contributed by atoms with Gasteiger partial charge in [-0.15, -0.1) is 0 Å². The minimum atomic E-state index is -3.93. The van der Waals surface area contributed by atoms with Crippen molar-refractivity contribution >= 4 is 27.3 Å². The number of benzene rings is 2. The number of hydrogen-bond donors (Lipinski definition) is 2. The van der Waals surface area contributed by atoms with E-state index < -0.39 is 15.9 Å². The molecule has 1 heterocycles. The van der Waals surface area contributed by atoms with E-state index in [4.69, 9.17) is 9.15 Å². The first kappa shape index (κ1) is 20.2. The van der Waals surface area contributed by atoms with Crippen LogP contribution in [0.5, 0.6) is 5.75 Å². The van der Waals surface area contributed by atoms with Gasteiger partial charge in [-0.3, -0.25) is 9.52 Å². The van der Waals surface area contributed by atoms with Crippen LogP contribution in [0.3, 0.4) is 0 Å². The highest BCUT2D eigenvalue weighted by Gasteiger charge is 2.18. The molecular formula is C20H19N3O5S. The van der Waals surface area contributed by atoms with Gasteiger partial charge in [-0.1, -0.05) is 18.2 Å². The van der Waals surface area contributed by atoms with E-state index in [2.05, 4.69) is 15.2 Å². The Morgan fingerprint density at radius 3 is 2.59 bits per heavy atom. The van der Waals surface area contributed by atoms with Crippen LogP contribution in [0.2, 0.25) is 0 Å². The maximum Gasteiger partial charge on any atom is 0.271 e. The van der Waals surface area contributed by atoms with Crippen molar-refractivity contribution in [3.8, 4) is 5.75 Å². The number of amides is 1. The summed E-state index contributed by atoms with van der Waals surface area (Å²) >= 11 is 0. The zero-order valence-electron chi connectivity index (χ0n) is 15.7. The Labute approximate surface area is 168 Å². The van der Waals surface area contributed by atoms with Gasteiger partial charge >= 0.3 is 0 Å². The van der Waals surface area contributed by atoms with E-state index in [1.807, 2.05) is 0 Å². The van der Waals surface area contributed by atoms with Gasteiger partial charge in [-0.25, -0.2) is 13.8 Å². The lowest BCUT2D eigenvalue weighted by atomic mass is 10.2. The number of rotatable bonds is 7. The monoisotopic (exact) mass is 413 g/mol. The van der Waals surface area contributed by atoms with Crippen molar-refractivity contribution in [3.63, 3.8) is 0 Å². The third-order valence-electron chi connectivity index (χ3n) is 3.96. The van der Waals surface area contributed by atoms with Gasteiger partial charge in [0.15, 0.2) is 0 Å². The third kappa shape index (κ3) is 4.82. The fourth-order valence-corrected chi connectivity index (χ4v) is 3.59. The fourth-order valence-electron chi connectivity index (χ4n) is 2.48. The van der Waals surface area contributed by atoms with Gasteiger partial charge in [-0.2, -0.15) is 5.10 Å². The number of methoxy groups -OCH3 is 1. The number of sulfonamides is 1. The zero-order chi connectivity index (χ0) is 20.9. The van der Waals surface area contributed by atoms with Crippen LogP contribution in [-0.2, 0) is 10.0 Å². The van der Waals surface area contributed by atoms with Crippen LogP contribution in [0.15, 0.2) is 81.3 Å². The minimum Gasteiger partial charge on any atom is -0.495 e. The quantitative estimate of drug-likeness (QED) is 0.456. The van der Waals surface area contributed by atoms with Crippen molar-refractivity contribution in [2.45, 2.75) is 11.8 Å². The summed E-state index contributed by atoms with van der Waals surface area (Å²) < 4.78 is 38.3. The first-order valence-electron chi connectivity index (χ1n) is 8.55. The maximum absolute atomic E-state index is 12.7. The van der Waals surface area contributed by atoms with Crippen LogP contribution in [-0.4, -0.2) is 27.1 Å². The zero-order valence-corrected chi connectivity index (χ0v) is 16.6. The van der Waals surface area contributed by atoms with Gasteiger partial charge in [0, 0.05) is 5.56 Å². The molecule has 0 aliphatic heterocycles. The smallest absolute Gasteiger partial charge is 0.271 e. The first-order valence-corrected chi connectivity index (χ1v) is 10.0. The van der Waals surface area contributed by atoms with Gasteiger partial charge < -0.3 is 9.15 Å². The molecule has 9 heteroatoms. The van der Waals surface area contributed by atoms with Gasteiger partial charge in [0.05, 0.1) is 24.0 Å². The number of carbonyl (C=O) groups excluding carboxylic acids is 1. The Morgan fingerprint density at radius 1 is 1.07 bits per heavy atom. The number of hydrogen-bond acceptors (Lipinski definition) is 6. The Morgan fingerprint density at radius 2 is 1.86 bits per heavy atom. The lowest BCUT2D eigenvalue weighted by Gasteiger charge is -2.12. The molecule has 2 aromatic carbocycles. The predicted octanol–water partition coefficient (Wildman–Crippen LogP) is 3.24. The molecule has 2 N–H and O–H groups in total. The molecular weight excluding hydrogens is 394 g/mol. The molecule has 0 saturated carbocycles. The second-order valence-electron chi connectivity index (χ2n) is 5.95. The van der Waals surface area contributed by atoms with Crippen molar-refractivity contribution in [1.82, 2.24) is 5.43 Å². The summed E-state index contributed by atoms with van der Waals surface area (Å²) in [5.74, 6) is 0.348. The molecule has 3 rings (SSSR count). The minimum absolute atomic E-state index is 0.0669. The fraction of sp³-hybridized carbons (Fsp3) is 0.100. The molecule has 1 aromatic heterocycles. The molecule has 0 fully saturated rings. The highest BCUT2D eigenvalue weighted by atomic mass is 32.2. The lowest BCUT2D eigenvalue weighted by molar-refractivity contribution is 0.0954. The van der Waals surface area contributed by atoms with Crippen molar-refractivity contribution in [2.24, 2.45) is 5.10 Å². The Bertz CT molecular complexity index is 1140. The third-order valence-corrected chi connectivity index (χ3v) is 5.32. The second-order valence-corrected chi connectivity index (χ2v) is 7.63. The van der Waals surface area contributed by atoms with Crippen LogP contribution in [0.1, 0.15) is 23.0 Å². The molecule has 8 nitrogen and oxygen atoms in total. The molecule has 0 aliphatic carbocycles. The summed E-state index contributed by atoms with van der Waals surface area (Å²) in [5, 5.41) is 3.97. The van der Waals surface area contributed by atoms with E-state index in [9.17, 15) is 13.2 Å². The summed E-state index contributed by atoms with van der Waals surface area (Å²) in [6.45, 7) is 1.68. The van der Waals surface area contributed by atoms with Crippen LogP contribution < -0.4 is 14.9 Å². The summed E-state index contributed by atoms with van der Waals surface area (Å²) in [6, 6.07) is 15.7. The number of carbonyl (C=O) groups is 1. The molecule has 0 spiro atoms. The number of nitrogens with one attached hydrogen (secondary N) is 2. The predicted molar refractivity (Wildman–Crippen MR) is 109 cm³/mol. The molecule has 0 saturated heterocycles. The molecule has 0 unspecified atom stereocenters. The van der Waals surface area contributed by atoms with E-state index >= 15 is 0 Å². The first-order chi connectivity index (χ1) is 13.9. The average Bonchev–Trinajstić information content (AvgIpc) is 3.27. The van der Waals surface area contributed by atoms with E-state index in [-0.39, 0.29) is 10.5 Å². The highest BCUT2D eigenvalue weighted by molar-refractivity contribution is 7.92. The van der Waals surface area contributed by atoms with Crippen LogP contribution >= 0.6 is 0 Å². The Balaban J connectivity index is 1.79. The van der Waals surface area contributed by atoms with Gasteiger partial charge in [0.2, 0.25) is 0 Å². The summed E-state index contributed by atoms with van der Waals surface area (Å²) in [6.07, 6.45) is 1.50. The SMILES string of the molecule is COc1ccccc1NS(=O)(=O)c1cccc(C(=O)N/N=C(\C)c2ccco2)c1. The molecule has 29 heavy (non-hydrogen) atoms. The summed E-state index contributed by atoms with van der Waals surface area (Å²) in [4.78, 5) is 12.3. The van der Waals surface area contributed by atoms with Gasteiger partial charge in [-0.05, 0) is 49.4 Å². The molecule has 0 radical (unpaired) electrons. The van der Waals surface area contributed by atoms with E-state index in [1.54, 1.807) is 43.3 Å². The Kier molecular flexibility index (Phi) is 5.99. The maximum atomic E-state index is 12.7. The van der Waals surface area contributed by atoms with E-state index in [1.165, 1.54) is 37.6 Å². The number of furan rings is 1. The number of para-hydroxylation sites is 2. The highest BCUT2D eigenvalue weighted by Crippen LogP contribution is 2.26. The number of hydrazone groups is 1. The van der Waals surface area contributed by atoms with Crippen molar-refractivity contribution in [2.75, 3.05) is 11.8 Å². The molecule has 1 amide bonds. The number of anilines is 1. The number of nitrogens with zero attached hydrogens (tertiary/aromatic N) is 1. The molecule has 0 atom stereocenters. The second kappa shape index (κ2) is 8.61. The van der Waals surface area contributed by atoms with Crippen LogP contribution in [0.4, 0.5) is 5.69 Å². The van der Waals surface area contributed by atoms with E-state index in [0.29, 0.717) is 22.9 Å². The Hall–Kier alpha value is -3.59. The largest absolute Gasteiger partial charge is 0.495 e. The molecule has 0 bridgehead atoms. The molecule has 0 aliphatic rings. The number of ether oxygens (including phenoxy) is 1. The van der Waals surface area contributed by atoms with Crippen LogP contribution in [0, 0.1) is 0 Å². The van der Waals surface area contributed by atoms with Crippen molar-refractivity contribution in [1.29, 1.82) is 0 Å². The van der Waals surface area contributed by atoms with Crippen molar-refractivity contribution < 1.29 is 22.4 Å². The van der Waals surface area contributed by atoms with E-state index in [0.717, 1.165) is 0 Å².